The third-order valence-electron chi connectivity index (χ3n) is 3.45. The third kappa shape index (κ3) is 3.81. The van der Waals surface area contributed by atoms with Gasteiger partial charge in [-0.1, -0.05) is 30.3 Å². The van der Waals surface area contributed by atoms with Crippen LogP contribution in [-0.4, -0.2) is 37.5 Å². The number of esters is 1. The molecule has 0 bridgehead atoms. The van der Waals surface area contributed by atoms with Gasteiger partial charge in [-0.3, -0.25) is 9.59 Å². The molecule has 110 valence electrons. The summed E-state index contributed by atoms with van der Waals surface area (Å²) in [6.45, 7) is 0.529. The minimum atomic E-state index is -0.249. The van der Waals surface area contributed by atoms with Crippen LogP contribution in [0.2, 0.25) is 0 Å². The summed E-state index contributed by atoms with van der Waals surface area (Å²) in [6.07, 6.45) is 0.925. The quantitative estimate of drug-likeness (QED) is 0.794. The SMILES string of the molecule is COC(=O)CCCN(C)C(=O)c1ccc2ccccc2c1. The van der Waals surface area contributed by atoms with Gasteiger partial charge in [-0.2, -0.15) is 0 Å². The summed E-state index contributed by atoms with van der Waals surface area (Å²) in [5.41, 5.74) is 0.661. The molecule has 2 rings (SSSR count). The summed E-state index contributed by atoms with van der Waals surface area (Å²) in [5.74, 6) is -0.285. The Kier molecular flexibility index (Phi) is 4.93. The molecule has 0 fully saturated rings. The number of rotatable bonds is 5. The van der Waals surface area contributed by atoms with Crippen molar-refractivity contribution in [2.45, 2.75) is 12.8 Å². The van der Waals surface area contributed by atoms with Gasteiger partial charge in [0.25, 0.3) is 5.91 Å². The fourth-order valence-electron chi connectivity index (χ4n) is 2.21. The lowest BCUT2D eigenvalue weighted by molar-refractivity contribution is -0.140. The summed E-state index contributed by atoms with van der Waals surface area (Å²) in [5, 5.41) is 2.16. The molecule has 4 nitrogen and oxygen atoms in total. The van der Waals surface area contributed by atoms with E-state index in [0.29, 0.717) is 24.9 Å². The highest BCUT2D eigenvalue weighted by Crippen LogP contribution is 2.16. The molecule has 0 radical (unpaired) electrons. The number of nitrogens with zero attached hydrogens (tertiary/aromatic N) is 1. The molecule has 0 spiro atoms. The minimum absolute atomic E-state index is 0.0365. The van der Waals surface area contributed by atoms with Crippen LogP contribution in [0.25, 0.3) is 10.8 Å². The van der Waals surface area contributed by atoms with Crippen molar-refractivity contribution in [3.8, 4) is 0 Å². The largest absolute Gasteiger partial charge is 0.469 e. The van der Waals surface area contributed by atoms with E-state index in [1.54, 1.807) is 11.9 Å². The zero-order valence-corrected chi connectivity index (χ0v) is 12.3. The normalized spacial score (nSPS) is 10.4. The van der Waals surface area contributed by atoms with Gasteiger partial charge in [-0.15, -0.1) is 0 Å². The minimum Gasteiger partial charge on any atom is -0.469 e. The smallest absolute Gasteiger partial charge is 0.305 e. The van der Waals surface area contributed by atoms with Gasteiger partial charge >= 0.3 is 5.97 Å². The van der Waals surface area contributed by atoms with E-state index >= 15 is 0 Å². The number of hydrogen-bond donors (Lipinski definition) is 0. The van der Waals surface area contributed by atoms with E-state index in [-0.39, 0.29) is 11.9 Å². The molecule has 0 aliphatic heterocycles. The van der Waals surface area contributed by atoms with E-state index in [9.17, 15) is 9.59 Å². The van der Waals surface area contributed by atoms with Crippen LogP contribution in [-0.2, 0) is 9.53 Å². The Hall–Kier alpha value is -2.36. The maximum absolute atomic E-state index is 12.3. The van der Waals surface area contributed by atoms with Crippen LogP contribution in [0.1, 0.15) is 23.2 Å². The Labute approximate surface area is 124 Å². The van der Waals surface area contributed by atoms with Crippen LogP contribution in [0.5, 0.6) is 0 Å². The van der Waals surface area contributed by atoms with Crippen LogP contribution in [0.3, 0.4) is 0 Å². The topological polar surface area (TPSA) is 46.6 Å². The zero-order chi connectivity index (χ0) is 15.2. The lowest BCUT2D eigenvalue weighted by Gasteiger charge is -2.17. The second-order valence-electron chi connectivity index (χ2n) is 4.97. The zero-order valence-electron chi connectivity index (χ0n) is 12.3. The maximum Gasteiger partial charge on any atom is 0.305 e. The molecule has 1 amide bonds. The molecule has 2 aromatic carbocycles. The van der Waals surface area contributed by atoms with Crippen LogP contribution in [0.4, 0.5) is 0 Å². The molecule has 0 atom stereocenters. The number of methoxy groups -OCH3 is 1. The first-order valence-electron chi connectivity index (χ1n) is 6.93. The monoisotopic (exact) mass is 285 g/mol. The van der Waals surface area contributed by atoms with E-state index in [1.807, 2.05) is 42.5 Å². The first-order chi connectivity index (χ1) is 10.1. The average molecular weight is 285 g/mol. The second kappa shape index (κ2) is 6.88. The van der Waals surface area contributed by atoms with Gasteiger partial charge in [0, 0.05) is 25.6 Å². The van der Waals surface area contributed by atoms with Crippen LogP contribution in [0, 0.1) is 0 Å². The van der Waals surface area contributed by atoms with Gasteiger partial charge in [0.1, 0.15) is 0 Å². The van der Waals surface area contributed by atoms with Crippen LogP contribution >= 0.6 is 0 Å². The van der Waals surface area contributed by atoms with Crippen molar-refractivity contribution < 1.29 is 14.3 Å². The van der Waals surface area contributed by atoms with E-state index in [1.165, 1.54) is 7.11 Å². The third-order valence-corrected chi connectivity index (χ3v) is 3.45. The lowest BCUT2D eigenvalue weighted by Crippen LogP contribution is -2.28. The van der Waals surface area contributed by atoms with E-state index in [4.69, 9.17) is 0 Å². The highest BCUT2D eigenvalue weighted by molar-refractivity contribution is 5.98. The molecule has 0 saturated carbocycles. The standard InChI is InChI=1S/C17H19NO3/c1-18(11-5-8-16(19)21-2)17(20)15-10-9-13-6-3-4-7-14(13)12-15/h3-4,6-7,9-10,12H,5,8,11H2,1-2H3. The number of carbonyl (C=O) groups is 2. The molecule has 21 heavy (non-hydrogen) atoms. The second-order valence-corrected chi connectivity index (χ2v) is 4.97. The predicted molar refractivity (Wildman–Crippen MR) is 82.2 cm³/mol. The van der Waals surface area contributed by atoms with Crippen molar-refractivity contribution in [2.75, 3.05) is 20.7 Å². The van der Waals surface area contributed by atoms with Crippen molar-refractivity contribution >= 4 is 22.6 Å². The van der Waals surface area contributed by atoms with E-state index in [0.717, 1.165) is 10.8 Å². The summed E-state index contributed by atoms with van der Waals surface area (Å²) in [7, 11) is 3.11. The summed E-state index contributed by atoms with van der Waals surface area (Å²) < 4.78 is 4.58. The highest BCUT2D eigenvalue weighted by atomic mass is 16.5. The van der Waals surface area contributed by atoms with Gasteiger partial charge in [0.05, 0.1) is 7.11 Å². The number of fused-ring (bicyclic) bond motifs is 1. The summed E-state index contributed by atoms with van der Waals surface area (Å²) >= 11 is 0. The lowest BCUT2D eigenvalue weighted by atomic mass is 10.1. The Morgan fingerprint density at radius 1 is 1.10 bits per heavy atom. The maximum atomic E-state index is 12.3. The Balaban J connectivity index is 2.01. The molecular weight excluding hydrogens is 266 g/mol. The fraction of sp³-hybridized carbons (Fsp3) is 0.294. The van der Waals surface area contributed by atoms with Gasteiger partial charge < -0.3 is 9.64 Å². The van der Waals surface area contributed by atoms with Crippen molar-refractivity contribution in [1.29, 1.82) is 0 Å². The number of carbonyl (C=O) groups excluding carboxylic acids is 2. The van der Waals surface area contributed by atoms with Gasteiger partial charge in [-0.05, 0) is 29.3 Å². The first-order valence-corrected chi connectivity index (χ1v) is 6.93. The average Bonchev–Trinajstić information content (AvgIpc) is 2.53. The molecule has 2 aromatic rings. The van der Waals surface area contributed by atoms with E-state index < -0.39 is 0 Å². The molecule has 0 aliphatic carbocycles. The van der Waals surface area contributed by atoms with Gasteiger partial charge in [0.15, 0.2) is 0 Å². The van der Waals surface area contributed by atoms with Crippen LogP contribution < -0.4 is 0 Å². The van der Waals surface area contributed by atoms with Crippen molar-refractivity contribution in [3.63, 3.8) is 0 Å². The molecule has 4 heteroatoms. The van der Waals surface area contributed by atoms with E-state index in [2.05, 4.69) is 4.74 Å². The predicted octanol–water partition coefficient (Wildman–Crippen LogP) is 2.87. The Morgan fingerprint density at radius 2 is 1.81 bits per heavy atom. The van der Waals surface area contributed by atoms with Crippen molar-refractivity contribution in [3.05, 3.63) is 48.0 Å². The number of benzene rings is 2. The highest BCUT2D eigenvalue weighted by Gasteiger charge is 2.12. The number of ether oxygens (including phenoxy) is 1. The molecule has 0 aliphatic rings. The van der Waals surface area contributed by atoms with Gasteiger partial charge in [-0.25, -0.2) is 0 Å². The summed E-state index contributed by atoms with van der Waals surface area (Å²) in [6, 6.07) is 13.6. The molecular formula is C17H19NO3. The van der Waals surface area contributed by atoms with Gasteiger partial charge in [0.2, 0.25) is 0 Å². The van der Waals surface area contributed by atoms with Crippen molar-refractivity contribution in [2.24, 2.45) is 0 Å². The fourth-order valence-corrected chi connectivity index (χ4v) is 2.21. The molecule has 0 heterocycles. The molecule has 0 N–H and O–H groups in total. The molecule has 0 aromatic heterocycles. The van der Waals surface area contributed by atoms with Crippen LogP contribution in [0.15, 0.2) is 42.5 Å². The number of amides is 1. The Morgan fingerprint density at radius 3 is 2.52 bits per heavy atom. The number of hydrogen-bond acceptors (Lipinski definition) is 3. The summed E-state index contributed by atoms with van der Waals surface area (Å²) in [4.78, 5) is 25.0. The Bertz CT molecular complexity index is 651. The molecule has 0 unspecified atom stereocenters. The molecule has 0 saturated heterocycles. The first kappa shape index (κ1) is 15.0. The van der Waals surface area contributed by atoms with Crippen molar-refractivity contribution in [1.82, 2.24) is 4.90 Å².